The maximum atomic E-state index is 13.4. The van der Waals surface area contributed by atoms with Crippen molar-refractivity contribution in [3.05, 3.63) is 29.3 Å². The molecule has 41 heavy (non-hydrogen) atoms. The fraction of sp³-hybridized carbons (Fsp3) is 0.690. The van der Waals surface area contributed by atoms with E-state index in [1.54, 1.807) is 0 Å². The summed E-state index contributed by atoms with van der Waals surface area (Å²) in [7, 11) is 0. The van der Waals surface area contributed by atoms with E-state index < -0.39 is 36.1 Å². The highest BCUT2D eigenvalue weighted by Gasteiger charge is 2.35. The van der Waals surface area contributed by atoms with Crippen LogP contribution in [0.2, 0.25) is 0 Å². The Morgan fingerprint density at radius 1 is 1.12 bits per heavy atom. The van der Waals surface area contributed by atoms with Gasteiger partial charge in [0.05, 0.1) is 36.6 Å². The van der Waals surface area contributed by atoms with Crippen LogP contribution in [0, 0.1) is 5.92 Å². The van der Waals surface area contributed by atoms with E-state index >= 15 is 0 Å². The first-order valence-electron chi connectivity index (χ1n) is 14.6. The van der Waals surface area contributed by atoms with Gasteiger partial charge in [-0.15, -0.1) is 0 Å². The summed E-state index contributed by atoms with van der Waals surface area (Å²) in [5.41, 5.74) is -1.47. The van der Waals surface area contributed by atoms with Crippen LogP contribution in [0.25, 0.3) is 0 Å². The molecule has 0 unspecified atom stereocenters. The molecule has 3 atom stereocenters. The Bertz CT molecular complexity index is 1050. The number of morpholine rings is 1. The summed E-state index contributed by atoms with van der Waals surface area (Å²) in [4.78, 5) is 42.5. The maximum Gasteiger partial charge on any atom is 0.416 e. The van der Waals surface area contributed by atoms with Crippen LogP contribution in [-0.2, 0) is 15.7 Å². The van der Waals surface area contributed by atoms with Crippen molar-refractivity contribution < 1.29 is 32.3 Å². The van der Waals surface area contributed by atoms with Crippen LogP contribution in [0.4, 0.5) is 23.7 Å². The van der Waals surface area contributed by atoms with E-state index in [2.05, 4.69) is 48.5 Å². The lowest BCUT2D eigenvalue weighted by Gasteiger charge is -2.43. The fourth-order valence-corrected chi connectivity index (χ4v) is 5.96. The Morgan fingerprint density at radius 3 is 2.44 bits per heavy atom. The first-order valence-corrected chi connectivity index (χ1v) is 14.6. The second kappa shape index (κ2) is 14.9. The van der Waals surface area contributed by atoms with Gasteiger partial charge in [-0.3, -0.25) is 14.5 Å². The van der Waals surface area contributed by atoms with Gasteiger partial charge in [0, 0.05) is 31.2 Å². The molecule has 3 N–H and O–H groups in total. The third kappa shape index (κ3) is 9.06. The molecule has 0 spiro atoms. The van der Waals surface area contributed by atoms with E-state index in [0.29, 0.717) is 50.4 Å². The second-order valence-electron chi connectivity index (χ2n) is 11.1. The number of halogens is 3. The van der Waals surface area contributed by atoms with E-state index in [-0.39, 0.29) is 17.3 Å². The number of urea groups is 1. The van der Waals surface area contributed by atoms with Gasteiger partial charge in [-0.05, 0) is 70.2 Å². The van der Waals surface area contributed by atoms with Crippen LogP contribution in [-0.4, -0.2) is 85.2 Å². The molecule has 2 fully saturated rings. The summed E-state index contributed by atoms with van der Waals surface area (Å²) in [6.07, 6.45) is 0.0368. The number of carbonyl (C=O) groups excluding carboxylic acids is 3. The number of hydrogen-bond acceptors (Lipinski definition) is 5. The van der Waals surface area contributed by atoms with Gasteiger partial charge in [0.1, 0.15) is 0 Å². The molecule has 12 heteroatoms. The molecule has 2 aliphatic rings. The molecule has 1 aliphatic heterocycles. The van der Waals surface area contributed by atoms with Crippen molar-refractivity contribution in [1.29, 1.82) is 0 Å². The van der Waals surface area contributed by atoms with Crippen molar-refractivity contribution in [2.45, 2.75) is 84.1 Å². The summed E-state index contributed by atoms with van der Waals surface area (Å²) in [5.74, 6) is -0.977. The molecule has 0 bridgehead atoms. The third-order valence-corrected chi connectivity index (χ3v) is 8.00. The lowest BCUT2D eigenvalue weighted by atomic mass is 9.78. The molecule has 1 saturated heterocycles. The Kier molecular flexibility index (Phi) is 11.8. The molecule has 3 rings (SSSR count). The minimum absolute atomic E-state index is 0.0293. The van der Waals surface area contributed by atoms with Gasteiger partial charge in [0.2, 0.25) is 5.91 Å². The SMILES string of the molecule is CCC[C@@H]1C[C@H](N(CC)C(C)C)CC[C@@H]1NC(=O)CNC(=O)c1cc(C(F)(F)F)ccc1NC(=O)N1CCOCC1. The minimum Gasteiger partial charge on any atom is -0.378 e. The number of carbonyl (C=O) groups is 3. The molecule has 9 nitrogen and oxygen atoms in total. The lowest BCUT2D eigenvalue weighted by Crippen LogP contribution is -2.51. The van der Waals surface area contributed by atoms with Gasteiger partial charge in [-0.1, -0.05) is 20.3 Å². The number of rotatable bonds is 10. The smallest absolute Gasteiger partial charge is 0.378 e. The highest BCUT2D eigenvalue weighted by molar-refractivity contribution is 6.04. The molecule has 1 saturated carbocycles. The summed E-state index contributed by atoms with van der Waals surface area (Å²) in [5, 5.41) is 8.04. The number of hydrogen-bond donors (Lipinski definition) is 3. The monoisotopic (exact) mass is 583 g/mol. The Morgan fingerprint density at radius 2 is 1.83 bits per heavy atom. The number of nitrogens with one attached hydrogen (secondary N) is 3. The Balaban J connectivity index is 1.65. The van der Waals surface area contributed by atoms with Gasteiger partial charge >= 0.3 is 12.2 Å². The number of anilines is 1. The minimum atomic E-state index is -4.69. The van der Waals surface area contributed by atoms with Crippen molar-refractivity contribution in [1.82, 2.24) is 20.4 Å². The normalized spacial score (nSPS) is 21.6. The summed E-state index contributed by atoms with van der Waals surface area (Å²) in [6, 6.07) is 2.87. The summed E-state index contributed by atoms with van der Waals surface area (Å²) in [6.45, 7) is 10.6. The molecular weight excluding hydrogens is 539 g/mol. The van der Waals surface area contributed by atoms with E-state index in [0.717, 1.165) is 50.8 Å². The zero-order valence-corrected chi connectivity index (χ0v) is 24.5. The number of ether oxygens (including phenoxy) is 1. The Hall–Kier alpha value is -2.86. The van der Waals surface area contributed by atoms with E-state index in [1.807, 2.05) is 0 Å². The molecular formula is C29H44F3N5O4. The van der Waals surface area contributed by atoms with Crippen LogP contribution < -0.4 is 16.0 Å². The van der Waals surface area contributed by atoms with Crippen molar-refractivity contribution in [3.8, 4) is 0 Å². The topological polar surface area (TPSA) is 103 Å². The first-order chi connectivity index (χ1) is 19.4. The van der Waals surface area contributed by atoms with Gasteiger partial charge in [0.15, 0.2) is 0 Å². The van der Waals surface area contributed by atoms with Crippen molar-refractivity contribution >= 4 is 23.5 Å². The fourth-order valence-electron chi connectivity index (χ4n) is 5.96. The number of alkyl halides is 3. The van der Waals surface area contributed by atoms with E-state index in [1.165, 1.54) is 4.90 Å². The van der Waals surface area contributed by atoms with Crippen molar-refractivity contribution in [2.24, 2.45) is 5.92 Å². The van der Waals surface area contributed by atoms with Crippen LogP contribution in [0.1, 0.15) is 75.7 Å². The molecule has 0 radical (unpaired) electrons. The highest BCUT2D eigenvalue weighted by atomic mass is 19.4. The van der Waals surface area contributed by atoms with Crippen LogP contribution in [0.15, 0.2) is 18.2 Å². The predicted molar refractivity (Wildman–Crippen MR) is 151 cm³/mol. The number of amides is 4. The van der Waals surface area contributed by atoms with E-state index in [4.69, 9.17) is 4.74 Å². The van der Waals surface area contributed by atoms with Crippen molar-refractivity contribution in [3.63, 3.8) is 0 Å². The Labute approximate surface area is 240 Å². The summed E-state index contributed by atoms with van der Waals surface area (Å²) >= 11 is 0. The molecule has 1 aromatic carbocycles. The highest BCUT2D eigenvalue weighted by Crippen LogP contribution is 2.33. The van der Waals surface area contributed by atoms with Gasteiger partial charge < -0.3 is 25.6 Å². The van der Waals surface area contributed by atoms with Crippen LogP contribution >= 0.6 is 0 Å². The molecule has 230 valence electrons. The second-order valence-corrected chi connectivity index (χ2v) is 11.1. The van der Waals surface area contributed by atoms with Gasteiger partial charge in [0.25, 0.3) is 5.91 Å². The predicted octanol–water partition coefficient (Wildman–Crippen LogP) is 4.48. The summed E-state index contributed by atoms with van der Waals surface area (Å²) < 4.78 is 45.5. The molecule has 1 heterocycles. The zero-order chi connectivity index (χ0) is 30.2. The molecule has 0 aromatic heterocycles. The van der Waals surface area contributed by atoms with Crippen LogP contribution in [0.3, 0.4) is 0 Å². The first kappa shape index (κ1) is 32.7. The number of benzene rings is 1. The van der Waals surface area contributed by atoms with Crippen LogP contribution in [0.5, 0.6) is 0 Å². The lowest BCUT2D eigenvalue weighted by molar-refractivity contribution is -0.137. The van der Waals surface area contributed by atoms with Crippen molar-refractivity contribution in [2.75, 3.05) is 44.7 Å². The largest absolute Gasteiger partial charge is 0.416 e. The quantitative estimate of drug-likeness (QED) is 0.377. The number of nitrogens with zero attached hydrogens (tertiary/aromatic N) is 2. The molecule has 1 aromatic rings. The van der Waals surface area contributed by atoms with Gasteiger partial charge in [-0.2, -0.15) is 13.2 Å². The average Bonchev–Trinajstić information content (AvgIpc) is 2.93. The zero-order valence-electron chi connectivity index (χ0n) is 24.5. The average molecular weight is 584 g/mol. The third-order valence-electron chi connectivity index (χ3n) is 8.00. The maximum absolute atomic E-state index is 13.4. The molecule has 4 amide bonds. The standard InChI is InChI=1S/C29H44F3N5O4/c1-5-7-20-16-22(37(6-2)19(3)4)9-11-24(20)34-26(38)18-33-27(39)23-17-21(29(30,31)32)8-10-25(23)35-28(40)36-12-14-41-15-13-36/h8,10,17,19-20,22,24H,5-7,9,11-16,18H2,1-4H3,(H,33,39)(H,34,38)(H,35,40)/t20-,22-,24+/m1/s1. The van der Waals surface area contributed by atoms with Gasteiger partial charge in [-0.25, -0.2) is 4.79 Å². The molecule has 1 aliphatic carbocycles. The van der Waals surface area contributed by atoms with E-state index in [9.17, 15) is 27.6 Å².